The number of unbranched alkanes of at least 4 members (excludes halogenated alkanes) is 2. The molecule has 0 aromatic heterocycles. The number of nitrogens with one attached hydrogen (secondary N) is 1. The molecule has 0 saturated carbocycles. The number of hydrogen-bond acceptors (Lipinski definition) is 1. The van der Waals surface area contributed by atoms with Crippen molar-refractivity contribution in [3.05, 3.63) is 47.0 Å². The first-order valence-corrected chi connectivity index (χ1v) is 7.01. The molecule has 0 aliphatic rings. The Bertz CT molecular complexity index is 507. The van der Waals surface area contributed by atoms with E-state index in [2.05, 4.69) is 29.6 Å². The van der Waals surface area contributed by atoms with Crippen LogP contribution in [0, 0.1) is 0 Å². The van der Waals surface area contributed by atoms with Gasteiger partial charge in [-0.15, -0.1) is 0 Å². The molecule has 2 aromatic carbocycles. The molecule has 0 amide bonds. The van der Waals surface area contributed by atoms with Crippen LogP contribution in [0.1, 0.15) is 24.8 Å². The molecule has 1 nitrogen and oxygen atoms in total. The van der Waals surface area contributed by atoms with E-state index in [-0.39, 0.29) is 0 Å². The zero-order valence-corrected chi connectivity index (χ0v) is 11.6. The van der Waals surface area contributed by atoms with Crippen molar-refractivity contribution < 1.29 is 0 Å². The van der Waals surface area contributed by atoms with E-state index in [1.54, 1.807) is 0 Å². The summed E-state index contributed by atoms with van der Waals surface area (Å²) >= 11 is 6.22. The van der Waals surface area contributed by atoms with Crippen molar-refractivity contribution in [1.82, 2.24) is 5.32 Å². The minimum absolute atomic E-state index is 0.851. The largest absolute Gasteiger partial charge is 0.320 e. The normalized spacial score (nSPS) is 11.0. The lowest BCUT2D eigenvalue weighted by Crippen LogP contribution is -2.07. The van der Waals surface area contributed by atoms with Crippen molar-refractivity contribution in [2.75, 3.05) is 13.6 Å². The van der Waals surface area contributed by atoms with Gasteiger partial charge < -0.3 is 5.32 Å². The minimum Gasteiger partial charge on any atom is -0.320 e. The molecule has 0 heterocycles. The van der Waals surface area contributed by atoms with E-state index in [9.17, 15) is 0 Å². The van der Waals surface area contributed by atoms with Crippen LogP contribution in [0.5, 0.6) is 0 Å². The Labute approximate surface area is 114 Å². The van der Waals surface area contributed by atoms with Gasteiger partial charge in [-0.2, -0.15) is 0 Å². The Morgan fingerprint density at radius 1 is 0.944 bits per heavy atom. The molecule has 96 valence electrons. The second kappa shape index (κ2) is 6.77. The van der Waals surface area contributed by atoms with Gasteiger partial charge in [0, 0.05) is 10.4 Å². The second-order valence-electron chi connectivity index (χ2n) is 4.67. The van der Waals surface area contributed by atoms with Gasteiger partial charge in [-0.1, -0.05) is 48.4 Å². The molecule has 2 aromatic rings. The molecule has 0 atom stereocenters. The van der Waals surface area contributed by atoms with Crippen LogP contribution in [0.25, 0.3) is 10.8 Å². The van der Waals surface area contributed by atoms with E-state index in [1.165, 1.54) is 35.6 Å². The lowest BCUT2D eigenvalue weighted by Gasteiger charge is -2.08. The molecule has 0 unspecified atom stereocenters. The molecule has 0 aliphatic heterocycles. The molecule has 0 aliphatic carbocycles. The number of rotatable bonds is 6. The molecule has 1 N–H and O–H groups in total. The Morgan fingerprint density at radius 3 is 2.50 bits per heavy atom. The number of fused-ring (bicyclic) bond motifs is 1. The highest BCUT2D eigenvalue weighted by Crippen LogP contribution is 2.27. The Hall–Kier alpha value is -1.05. The monoisotopic (exact) mass is 261 g/mol. The van der Waals surface area contributed by atoms with Gasteiger partial charge in [0.05, 0.1) is 0 Å². The van der Waals surface area contributed by atoms with Crippen molar-refractivity contribution >= 4 is 22.4 Å². The second-order valence-corrected chi connectivity index (χ2v) is 5.07. The zero-order chi connectivity index (χ0) is 12.8. The van der Waals surface area contributed by atoms with E-state index in [4.69, 9.17) is 11.6 Å². The fraction of sp³-hybridized carbons (Fsp3) is 0.375. The SMILES string of the molecule is CNCCCCCc1ccc(Cl)c2ccccc12. The number of aryl methyl sites for hydroxylation is 1. The summed E-state index contributed by atoms with van der Waals surface area (Å²) in [6.07, 6.45) is 4.91. The predicted molar refractivity (Wildman–Crippen MR) is 80.4 cm³/mol. The van der Waals surface area contributed by atoms with Crippen molar-refractivity contribution in [3.63, 3.8) is 0 Å². The van der Waals surface area contributed by atoms with Crippen LogP contribution >= 0.6 is 11.6 Å². The maximum absolute atomic E-state index is 6.22. The molecule has 0 saturated heterocycles. The van der Waals surface area contributed by atoms with Crippen molar-refractivity contribution in [2.24, 2.45) is 0 Å². The number of benzene rings is 2. The highest BCUT2D eigenvalue weighted by molar-refractivity contribution is 6.35. The van der Waals surface area contributed by atoms with Crippen LogP contribution in [0.15, 0.2) is 36.4 Å². The minimum atomic E-state index is 0.851. The van der Waals surface area contributed by atoms with Crippen LogP contribution in [-0.2, 0) is 6.42 Å². The van der Waals surface area contributed by atoms with Gasteiger partial charge in [0.1, 0.15) is 0 Å². The van der Waals surface area contributed by atoms with Crippen LogP contribution in [0.2, 0.25) is 5.02 Å². The van der Waals surface area contributed by atoms with Gasteiger partial charge in [0.2, 0.25) is 0 Å². The van der Waals surface area contributed by atoms with E-state index >= 15 is 0 Å². The van der Waals surface area contributed by atoms with E-state index in [0.29, 0.717) is 0 Å². The van der Waals surface area contributed by atoms with E-state index in [0.717, 1.165) is 18.0 Å². The highest BCUT2D eigenvalue weighted by atomic mass is 35.5. The van der Waals surface area contributed by atoms with Crippen LogP contribution < -0.4 is 5.32 Å². The van der Waals surface area contributed by atoms with Crippen molar-refractivity contribution in [2.45, 2.75) is 25.7 Å². The molecule has 2 heteroatoms. The van der Waals surface area contributed by atoms with Gasteiger partial charge in [0.25, 0.3) is 0 Å². The molecular formula is C16H20ClN. The third-order valence-electron chi connectivity index (χ3n) is 3.33. The van der Waals surface area contributed by atoms with Gasteiger partial charge in [0.15, 0.2) is 0 Å². The summed E-state index contributed by atoms with van der Waals surface area (Å²) in [5.41, 5.74) is 1.42. The quantitative estimate of drug-likeness (QED) is 0.759. The van der Waals surface area contributed by atoms with Crippen molar-refractivity contribution in [1.29, 1.82) is 0 Å². The summed E-state index contributed by atoms with van der Waals surface area (Å²) in [6, 6.07) is 12.6. The zero-order valence-electron chi connectivity index (χ0n) is 10.9. The molecular weight excluding hydrogens is 242 g/mol. The summed E-state index contributed by atoms with van der Waals surface area (Å²) in [4.78, 5) is 0. The Balaban J connectivity index is 2.07. The maximum atomic E-state index is 6.22. The van der Waals surface area contributed by atoms with E-state index < -0.39 is 0 Å². The topological polar surface area (TPSA) is 12.0 Å². The molecule has 0 bridgehead atoms. The summed E-state index contributed by atoms with van der Waals surface area (Å²) < 4.78 is 0. The first-order chi connectivity index (χ1) is 8.83. The molecule has 2 rings (SSSR count). The first-order valence-electron chi connectivity index (χ1n) is 6.63. The maximum Gasteiger partial charge on any atom is 0.0484 e. The lowest BCUT2D eigenvalue weighted by atomic mass is 9.99. The fourth-order valence-electron chi connectivity index (χ4n) is 2.34. The summed E-state index contributed by atoms with van der Waals surface area (Å²) in [7, 11) is 2.01. The smallest absolute Gasteiger partial charge is 0.0484 e. The van der Waals surface area contributed by atoms with Crippen LogP contribution in [0.3, 0.4) is 0 Å². The standard InChI is InChI=1S/C16H20ClN/c1-18-12-6-2-3-7-13-10-11-16(17)15-9-5-4-8-14(13)15/h4-5,8-11,18H,2-3,6-7,12H2,1H3. The molecule has 18 heavy (non-hydrogen) atoms. The third kappa shape index (κ3) is 3.24. The average Bonchev–Trinajstić information content (AvgIpc) is 2.41. The molecule has 0 radical (unpaired) electrons. The Morgan fingerprint density at radius 2 is 1.72 bits per heavy atom. The average molecular weight is 262 g/mol. The number of halogens is 1. The molecule has 0 spiro atoms. The van der Waals surface area contributed by atoms with E-state index in [1.807, 2.05) is 19.2 Å². The predicted octanol–water partition coefficient (Wildman–Crippen LogP) is 4.43. The van der Waals surface area contributed by atoms with Gasteiger partial charge in [-0.25, -0.2) is 0 Å². The number of hydrogen-bond donors (Lipinski definition) is 1. The van der Waals surface area contributed by atoms with Crippen molar-refractivity contribution in [3.8, 4) is 0 Å². The van der Waals surface area contributed by atoms with Gasteiger partial charge in [-0.3, -0.25) is 0 Å². The fourth-order valence-corrected chi connectivity index (χ4v) is 2.56. The third-order valence-corrected chi connectivity index (χ3v) is 3.66. The summed E-state index contributed by atoms with van der Waals surface area (Å²) in [6.45, 7) is 1.11. The summed E-state index contributed by atoms with van der Waals surface area (Å²) in [5, 5.41) is 6.51. The first kappa shape index (κ1) is 13.4. The lowest BCUT2D eigenvalue weighted by molar-refractivity contribution is 0.643. The van der Waals surface area contributed by atoms with Crippen LogP contribution in [0.4, 0.5) is 0 Å². The van der Waals surface area contributed by atoms with Crippen LogP contribution in [-0.4, -0.2) is 13.6 Å². The van der Waals surface area contributed by atoms with Gasteiger partial charge in [-0.05, 0) is 49.9 Å². The molecule has 0 fully saturated rings. The van der Waals surface area contributed by atoms with Gasteiger partial charge >= 0.3 is 0 Å². The Kier molecular flexibility index (Phi) is 5.03. The highest BCUT2D eigenvalue weighted by Gasteiger charge is 2.03. The summed E-state index contributed by atoms with van der Waals surface area (Å²) in [5.74, 6) is 0.